The van der Waals surface area contributed by atoms with Crippen LogP contribution in [-0.4, -0.2) is 90.6 Å². The first-order valence-electron chi connectivity index (χ1n) is 22.3. The molecule has 0 aliphatic carbocycles. The zero-order valence-corrected chi connectivity index (χ0v) is 38.1. The molecule has 3 saturated heterocycles. The molecule has 338 valence electrons. The van der Waals surface area contributed by atoms with E-state index in [0.717, 1.165) is 32.3 Å². The minimum absolute atomic E-state index is 0.219. The molecule has 10 nitrogen and oxygen atoms in total. The van der Waals surface area contributed by atoms with Gasteiger partial charge in [-0.1, -0.05) is 0 Å². The van der Waals surface area contributed by atoms with Crippen molar-refractivity contribution < 1.29 is 47.4 Å². The summed E-state index contributed by atoms with van der Waals surface area (Å²) in [6, 6.07) is 61.0. The Kier molecular flexibility index (Phi) is 16.3. The molecule has 0 amide bonds. The molecule has 0 N–H and O–H groups in total. The molecule has 0 unspecified atom stereocenters. The maximum absolute atomic E-state index is 7.41. The van der Waals surface area contributed by atoms with Crippen LogP contribution in [0.2, 0.25) is 4.82 Å². The summed E-state index contributed by atoms with van der Waals surface area (Å²) in [5.74, 6) is 0. The fraction of sp³-hybridized carbons (Fsp3) is 0.333. The molecule has 3 aliphatic heterocycles. The third kappa shape index (κ3) is 12.1. The van der Waals surface area contributed by atoms with Gasteiger partial charge in [-0.3, -0.25) is 0 Å². The van der Waals surface area contributed by atoms with Gasteiger partial charge in [-0.05, 0) is 0 Å². The average molecular weight is 944 g/mol. The molecule has 0 radical (unpaired) electrons. The predicted octanol–water partition coefficient (Wildman–Crippen LogP) is 8.37. The number of methoxy groups -OCH3 is 1. The standard InChI is InChI=1S/C54H56O10Se/c1-55-53-50(48(58-34-40-24-12-4-13-25-40)47-45(61-53)37-60-52(63-47)42-28-16-6-17-29-42)64-54-51(65-43-30-18-7-19-31-43)49(59-35-41-26-14-5-15-27-41)46(57-33-39-22-10-3-11-23-39)44(62-54)36-56-32-38-20-8-2-9-21-38/h2-31,44-54H,32-37H2,1H3/t44-,45-,46-,47-,48+,49-,50-,51-,52-,53+,54+/m1/s1. The zero-order valence-electron chi connectivity index (χ0n) is 36.4. The topological polar surface area (TPSA) is 92.3 Å². The van der Waals surface area contributed by atoms with Gasteiger partial charge in [-0.2, -0.15) is 0 Å². The molecule has 3 aliphatic rings. The van der Waals surface area contributed by atoms with Crippen molar-refractivity contribution in [3.05, 3.63) is 210 Å². The fourth-order valence-corrected chi connectivity index (χ4v) is 11.1. The molecule has 9 rings (SSSR count). The Bertz CT molecular complexity index is 2260. The van der Waals surface area contributed by atoms with Crippen molar-refractivity contribution in [2.24, 2.45) is 0 Å². The Morgan fingerprint density at radius 3 is 1.54 bits per heavy atom. The molecular formula is C54H56O10Se. The van der Waals surface area contributed by atoms with Gasteiger partial charge in [-0.25, -0.2) is 0 Å². The predicted molar refractivity (Wildman–Crippen MR) is 246 cm³/mol. The number of fused-ring (bicyclic) bond motifs is 1. The second kappa shape index (κ2) is 23.3. The van der Waals surface area contributed by atoms with E-state index in [9.17, 15) is 0 Å². The normalized spacial score (nSPS) is 27.7. The van der Waals surface area contributed by atoms with Gasteiger partial charge in [-0.15, -0.1) is 0 Å². The summed E-state index contributed by atoms with van der Waals surface area (Å²) in [4.78, 5) is -0.322. The van der Waals surface area contributed by atoms with Gasteiger partial charge in [0.2, 0.25) is 0 Å². The van der Waals surface area contributed by atoms with Crippen LogP contribution in [0.25, 0.3) is 0 Å². The summed E-state index contributed by atoms with van der Waals surface area (Å²) >= 11 is -0.244. The van der Waals surface area contributed by atoms with Crippen LogP contribution >= 0.6 is 0 Å². The van der Waals surface area contributed by atoms with E-state index < -0.39 is 61.6 Å². The van der Waals surface area contributed by atoms with Crippen molar-refractivity contribution >= 4 is 19.4 Å². The SMILES string of the molecule is CO[C@H]1O[C@@H]2CO[C@@H](c3ccccc3)O[C@H]2[C@H](OCc2ccccc2)[C@H]1O[C@@H]1O[C@H](COCc2ccccc2)[C@@H](OCc2ccccc2)[C@@H](OCc2ccccc2)[C@H]1[Se]c1ccccc1. The number of hydrogen-bond acceptors (Lipinski definition) is 10. The van der Waals surface area contributed by atoms with E-state index in [2.05, 4.69) is 60.7 Å². The van der Waals surface area contributed by atoms with E-state index in [1.54, 1.807) is 7.11 Å². The van der Waals surface area contributed by atoms with Gasteiger partial charge in [0.1, 0.15) is 0 Å². The molecule has 0 bridgehead atoms. The van der Waals surface area contributed by atoms with Crippen LogP contribution in [0.3, 0.4) is 0 Å². The first kappa shape index (κ1) is 45.6. The van der Waals surface area contributed by atoms with Crippen molar-refractivity contribution in [1.82, 2.24) is 0 Å². The maximum atomic E-state index is 7.41. The fourth-order valence-electron chi connectivity index (χ4n) is 8.47. The van der Waals surface area contributed by atoms with E-state index in [1.165, 1.54) is 0 Å². The van der Waals surface area contributed by atoms with Crippen LogP contribution < -0.4 is 4.46 Å². The summed E-state index contributed by atoms with van der Waals surface area (Å²) in [5, 5.41) is 0. The zero-order chi connectivity index (χ0) is 44.0. The molecule has 0 aromatic heterocycles. The Labute approximate surface area is 388 Å². The van der Waals surface area contributed by atoms with Gasteiger partial charge in [0, 0.05) is 0 Å². The van der Waals surface area contributed by atoms with Crippen molar-refractivity contribution in [1.29, 1.82) is 0 Å². The molecule has 65 heavy (non-hydrogen) atoms. The van der Waals surface area contributed by atoms with Crippen molar-refractivity contribution in [2.45, 2.75) is 92.8 Å². The average Bonchev–Trinajstić information content (AvgIpc) is 3.37. The molecule has 6 aromatic carbocycles. The third-order valence-electron chi connectivity index (χ3n) is 11.7. The second-order valence-electron chi connectivity index (χ2n) is 16.3. The molecule has 0 saturated carbocycles. The Balaban J connectivity index is 1.08. The van der Waals surface area contributed by atoms with Crippen LogP contribution in [0.15, 0.2) is 182 Å². The summed E-state index contributed by atoms with van der Waals surface area (Å²) in [5.41, 5.74) is 5.06. The second-order valence-corrected chi connectivity index (χ2v) is 18.9. The van der Waals surface area contributed by atoms with Gasteiger partial charge < -0.3 is 0 Å². The van der Waals surface area contributed by atoms with Crippen LogP contribution in [0, 0.1) is 0 Å². The quantitative estimate of drug-likeness (QED) is 0.0739. The number of ether oxygens (including phenoxy) is 10. The summed E-state index contributed by atoms with van der Waals surface area (Å²) < 4.78 is 69.3. The molecular weight excluding hydrogens is 888 g/mol. The molecule has 3 fully saturated rings. The van der Waals surface area contributed by atoms with E-state index in [0.29, 0.717) is 26.4 Å². The molecule has 3 heterocycles. The number of benzene rings is 6. The first-order valence-corrected chi connectivity index (χ1v) is 24.1. The van der Waals surface area contributed by atoms with Crippen molar-refractivity contribution in [3.8, 4) is 0 Å². The van der Waals surface area contributed by atoms with Crippen LogP contribution in [0.5, 0.6) is 0 Å². The van der Waals surface area contributed by atoms with Crippen LogP contribution in [0.1, 0.15) is 34.1 Å². The molecule has 11 atom stereocenters. The van der Waals surface area contributed by atoms with E-state index in [-0.39, 0.29) is 33.0 Å². The van der Waals surface area contributed by atoms with E-state index >= 15 is 0 Å². The first-order chi connectivity index (χ1) is 32.2. The summed E-state index contributed by atoms with van der Waals surface area (Å²) in [6.07, 6.45) is -6.48. The molecule has 6 aromatic rings. The number of rotatable bonds is 19. The summed E-state index contributed by atoms with van der Waals surface area (Å²) in [6.45, 7) is 1.91. The molecule has 11 heteroatoms. The van der Waals surface area contributed by atoms with Gasteiger partial charge in [0.25, 0.3) is 0 Å². The summed E-state index contributed by atoms with van der Waals surface area (Å²) in [7, 11) is 1.62. The Hall–Kier alpha value is -4.56. The van der Waals surface area contributed by atoms with Gasteiger partial charge in [0.15, 0.2) is 0 Å². The monoisotopic (exact) mass is 944 g/mol. The van der Waals surface area contributed by atoms with Crippen molar-refractivity contribution in [2.75, 3.05) is 20.3 Å². The van der Waals surface area contributed by atoms with Crippen LogP contribution in [0.4, 0.5) is 0 Å². The van der Waals surface area contributed by atoms with E-state index in [4.69, 9.17) is 47.4 Å². The van der Waals surface area contributed by atoms with Crippen molar-refractivity contribution in [3.63, 3.8) is 0 Å². The minimum atomic E-state index is -0.852. The molecule has 0 spiro atoms. The van der Waals surface area contributed by atoms with Gasteiger partial charge in [0.05, 0.1) is 0 Å². The van der Waals surface area contributed by atoms with Crippen LogP contribution in [-0.2, 0) is 73.8 Å². The third-order valence-corrected chi connectivity index (χ3v) is 14.5. The number of hydrogen-bond donors (Lipinski definition) is 0. The van der Waals surface area contributed by atoms with Gasteiger partial charge >= 0.3 is 390 Å². The Morgan fingerprint density at radius 2 is 0.985 bits per heavy atom. The Morgan fingerprint density at radius 1 is 0.492 bits per heavy atom. The van der Waals surface area contributed by atoms with E-state index in [1.807, 2.05) is 121 Å².